The van der Waals surface area contributed by atoms with Gasteiger partial charge in [0.1, 0.15) is 0 Å². The van der Waals surface area contributed by atoms with Gasteiger partial charge in [0.05, 0.1) is 0 Å². The number of nitrogens with one attached hydrogen (secondary N) is 2. The van der Waals surface area contributed by atoms with Crippen molar-refractivity contribution >= 4 is 18.3 Å². The van der Waals surface area contributed by atoms with E-state index >= 15 is 0 Å². The highest BCUT2D eigenvalue weighted by molar-refractivity contribution is 5.85. The predicted molar refractivity (Wildman–Crippen MR) is 72.4 cm³/mol. The molecule has 0 unspecified atom stereocenters. The highest BCUT2D eigenvalue weighted by Gasteiger charge is 2.35. The zero-order valence-electron chi connectivity index (χ0n) is 10.8. The molecule has 1 aliphatic carbocycles. The van der Waals surface area contributed by atoms with E-state index in [1.807, 2.05) is 0 Å². The lowest BCUT2D eigenvalue weighted by Crippen LogP contribution is -2.45. The van der Waals surface area contributed by atoms with Gasteiger partial charge in [0.15, 0.2) is 0 Å². The zero-order chi connectivity index (χ0) is 11.4. The van der Waals surface area contributed by atoms with Gasteiger partial charge in [0.25, 0.3) is 0 Å². The quantitative estimate of drug-likeness (QED) is 0.813. The van der Waals surface area contributed by atoms with Crippen LogP contribution in [0, 0.1) is 11.3 Å². The van der Waals surface area contributed by atoms with Crippen molar-refractivity contribution in [2.45, 2.75) is 45.4 Å². The third kappa shape index (κ3) is 3.59. The van der Waals surface area contributed by atoms with E-state index in [2.05, 4.69) is 17.6 Å². The third-order valence-corrected chi connectivity index (χ3v) is 4.51. The Bertz CT molecular complexity index is 242. The van der Waals surface area contributed by atoms with Crippen molar-refractivity contribution in [1.29, 1.82) is 0 Å². The van der Waals surface area contributed by atoms with Gasteiger partial charge in [0.2, 0.25) is 5.91 Å². The minimum absolute atomic E-state index is 0. The molecule has 1 amide bonds. The Labute approximate surface area is 111 Å². The van der Waals surface area contributed by atoms with Gasteiger partial charge in [0, 0.05) is 12.5 Å². The van der Waals surface area contributed by atoms with Crippen LogP contribution in [0.1, 0.15) is 45.4 Å². The topological polar surface area (TPSA) is 41.1 Å². The standard InChI is InChI=1S/C13H24N2O.ClH/c1-2-13(6-3-7-13)10-15-12(16)11-4-8-14-9-5-11;/h11,14H,2-10H2,1H3,(H,15,16);1H. The Morgan fingerprint density at radius 1 is 1.35 bits per heavy atom. The molecule has 2 fully saturated rings. The molecule has 1 aliphatic heterocycles. The SMILES string of the molecule is CCC1(CNC(=O)C2CCNCC2)CCC1.Cl. The van der Waals surface area contributed by atoms with Crippen LogP contribution >= 0.6 is 12.4 Å². The van der Waals surface area contributed by atoms with Crippen LogP contribution in [0.15, 0.2) is 0 Å². The molecule has 2 N–H and O–H groups in total. The number of carbonyl (C=O) groups excluding carboxylic acids is 1. The molecule has 0 aromatic rings. The molecule has 2 rings (SSSR count). The summed E-state index contributed by atoms with van der Waals surface area (Å²) in [6.45, 7) is 5.15. The van der Waals surface area contributed by atoms with Crippen LogP contribution in [-0.2, 0) is 4.79 Å². The molecule has 0 aromatic carbocycles. The van der Waals surface area contributed by atoms with Gasteiger partial charge >= 0.3 is 0 Å². The molecule has 1 heterocycles. The van der Waals surface area contributed by atoms with Gasteiger partial charge in [-0.15, -0.1) is 12.4 Å². The first-order valence-corrected chi connectivity index (χ1v) is 6.74. The van der Waals surface area contributed by atoms with Crippen molar-refractivity contribution in [1.82, 2.24) is 10.6 Å². The summed E-state index contributed by atoms with van der Waals surface area (Å²) in [5.41, 5.74) is 0.447. The van der Waals surface area contributed by atoms with E-state index in [-0.39, 0.29) is 18.3 Å². The normalized spacial score (nSPS) is 23.4. The molecule has 0 radical (unpaired) electrons. The lowest BCUT2D eigenvalue weighted by atomic mass is 9.67. The van der Waals surface area contributed by atoms with E-state index in [1.165, 1.54) is 25.7 Å². The molecule has 100 valence electrons. The Morgan fingerprint density at radius 3 is 2.47 bits per heavy atom. The van der Waals surface area contributed by atoms with Crippen LogP contribution in [0.25, 0.3) is 0 Å². The summed E-state index contributed by atoms with van der Waals surface area (Å²) in [6, 6.07) is 0. The maximum atomic E-state index is 12.0. The fourth-order valence-electron chi connectivity index (χ4n) is 2.84. The molecule has 0 spiro atoms. The highest BCUT2D eigenvalue weighted by atomic mass is 35.5. The summed E-state index contributed by atoms with van der Waals surface area (Å²) in [4.78, 5) is 12.0. The Balaban J connectivity index is 0.00000144. The summed E-state index contributed by atoms with van der Waals surface area (Å²) in [5, 5.41) is 6.47. The summed E-state index contributed by atoms with van der Waals surface area (Å²) in [6.07, 6.45) is 7.17. The van der Waals surface area contributed by atoms with Gasteiger partial charge in [-0.1, -0.05) is 13.3 Å². The van der Waals surface area contributed by atoms with Crippen molar-refractivity contribution in [3.8, 4) is 0 Å². The van der Waals surface area contributed by atoms with Crippen molar-refractivity contribution < 1.29 is 4.79 Å². The Morgan fingerprint density at radius 2 is 2.00 bits per heavy atom. The molecule has 17 heavy (non-hydrogen) atoms. The van der Waals surface area contributed by atoms with Gasteiger partial charge in [-0.2, -0.15) is 0 Å². The number of carbonyl (C=O) groups is 1. The van der Waals surface area contributed by atoms with Crippen LogP contribution in [0.3, 0.4) is 0 Å². The summed E-state index contributed by atoms with van der Waals surface area (Å²) in [7, 11) is 0. The minimum Gasteiger partial charge on any atom is -0.355 e. The molecular formula is C13H25ClN2O. The number of halogens is 1. The molecular weight excluding hydrogens is 236 g/mol. The molecule has 4 heteroatoms. The van der Waals surface area contributed by atoms with E-state index in [9.17, 15) is 4.79 Å². The zero-order valence-corrected chi connectivity index (χ0v) is 11.6. The van der Waals surface area contributed by atoms with Crippen molar-refractivity contribution in [2.75, 3.05) is 19.6 Å². The summed E-state index contributed by atoms with van der Waals surface area (Å²) >= 11 is 0. The Hall–Kier alpha value is -0.280. The third-order valence-electron chi connectivity index (χ3n) is 4.51. The number of amides is 1. The minimum atomic E-state index is 0. The number of rotatable bonds is 4. The maximum Gasteiger partial charge on any atom is 0.223 e. The average molecular weight is 261 g/mol. The van der Waals surface area contributed by atoms with E-state index in [0.29, 0.717) is 11.3 Å². The van der Waals surface area contributed by atoms with Gasteiger partial charge in [-0.3, -0.25) is 4.79 Å². The van der Waals surface area contributed by atoms with Gasteiger partial charge in [-0.05, 0) is 50.6 Å². The first-order chi connectivity index (χ1) is 7.76. The van der Waals surface area contributed by atoms with Crippen LogP contribution in [-0.4, -0.2) is 25.5 Å². The Kier molecular flexibility index (Phi) is 5.74. The van der Waals surface area contributed by atoms with Gasteiger partial charge < -0.3 is 10.6 Å². The predicted octanol–water partition coefficient (Wildman–Crippen LogP) is 2.10. The molecule has 0 atom stereocenters. The van der Waals surface area contributed by atoms with Crippen molar-refractivity contribution in [3.63, 3.8) is 0 Å². The summed E-state index contributed by atoms with van der Waals surface area (Å²) in [5.74, 6) is 0.552. The number of piperidine rings is 1. The monoisotopic (exact) mass is 260 g/mol. The lowest BCUT2D eigenvalue weighted by Gasteiger charge is -2.41. The van der Waals surface area contributed by atoms with E-state index in [1.54, 1.807) is 0 Å². The molecule has 1 saturated heterocycles. The second kappa shape index (κ2) is 6.60. The van der Waals surface area contributed by atoms with Crippen LogP contribution in [0.2, 0.25) is 0 Å². The van der Waals surface area contributed by atoms with E-state index in [0.717, 1.165) is 32.5 Å². The second-order valence-corrected chi connectivity index (χ2v) is 5.45. The molecule has 0 bridgehead atoms. The van der Waals surface area contributed by atoms with E-state index in [4.69, 9.17) is 0 Å². The van der Waals surface area contributed by atoms with Crippen LogP contribution in [0.5, 0.6) is 0 Å². The molecule has 2 aliphatic rings. The lowest BCUT2D eigenvalue weighted by molar-refractivity contribution is -0.126. The van der Waals surface area contributed by atoms with E-state index < -0.39 is 0 Å². The van der Waals surface area contributed by atoms with Crippen molar-refractivity contribution in [3.05, 3.63) is 0 Å². The van der Waals surface area contributed by atoms with Crippen molar-refractivity contribution in [2.24, 2.45) is 11.3 Å². The molecule has 1 saturated carbocycles. The van der Waals surface area contributed by atoms with Crippen LogP contribution < -0.4 is 10.6 Å². The fourth-order valence-corrected chi connectivity index (χ4v) is 2.84. The largest absolute Gasteiger partial charge is 0.355 e. The fraction of sp³-hybridized carbons (Fsp3) is 0.923. The highest BCUT2D eigenvalue weighted by Crippen LogP contribution is 2.43. The molecule has 0 aromatic heterocycles. The number of hydrogen-bond acceptors (Lipinski definition) is 2. The average Bonchev–Trinajstić information content (AvgIpc) is 2.29. The maximum absolute atomic E-state index is 12.0. The molecule has 3 nitrogen and oxygen atoms in total. The van der Waals surface area contributed by atoms with Gasteiger partial charge in [-0.25, -0.2) is 0 Å². The van der Waals surface area contributed by atoms with Crippen LogP contribution in [0.4, 0.5) is 0 Å². The first kappa shape index (κ1) is 14.8. The second-order valence-electron chi connectivity index (χ2n) is 5.45. The first-order valence-electron chi connectivity index (χ1n) is 6.74. The number of hydrogen-bond donors (Lipinski definition) is 2. The summed E-state index contributed by atoms with van der Waals surface area (Å²) < 4.78 is 0. The smallest absolute Gasteiger partial charge is 0.223 e.